The van der Waals surface area contributed by atoms with Crippen molar-refractivity contribution in [1.29, 1.82) is 0 Å². The molecule has 230 valence electrons. The van der Waals surface area contributed by atoms with Gasteiger partial charge in [0.2, 0.25) is 0 Å². The molecule has 0 amide bonds. The summed E-state index contributed by atoms with van der Waals surface area (Å²) in [6.07, 6.45) is 5.73. The topological polar surface area (TPSA) is 26.0 Å². The van der Waals surface area contributed by atoms with Crippen LogP contribution < -0.4 is 0 Å². The average molecular weight is 662 g/mol. The second kappa shape index (κ2) is 10.5. The van der Waals surface area contributed by atoms with Gasteiger partial charge in [0.25, 0.3) is 0 Å². The Labute approximate surface area is 289 Å². The van der Waals surface area contributed by atoms with Crippen LogP contribution in [-0.2, 0) is 0 Å². The summed E-state index contributed by atoms with van der Waals surface area (Å²) in [6, 6.07) is 48.4. The zero-order chi connectivity index (χ0) is 32.1. The second-order valence-corrected chi connectivity index (χ2v) is 15.2. The van der Waals surface area contributed by atoms with E-state index in [4.69, 9.17) is 9.40 Å². The van der Waals surface area contributed by atoms with E-state index in [0.29, 0.717) is 0 Å². The minimum atomic E-state index is 0.175. The van der Waals surface area contributed by atoms with E-state index in [0.717, 1.165) is 45.0 Å². The van der Waals surface area contributed by atoms with Crippen LogP contribution in [0.5, 0.6) is 0 Å². The monoisotopic (exact) mass is 661 g/mol. The summed E-state index contributed by atoms with van der Waals surface area (Å²) in [6.45, 7) is 0. The third-order valence-corrected chi connectivity index (χ3v) is 12.5. The maximum atomic E-state index is 6.60. The molecule has 0 saturated heterocycles. The number of fused-ring (bicyclic) bond motifs is 11. The molecule has 1 aliphatic rings. The molecule has 10 aromatic rings. The van der Waals surface area contributed by atoms with Gasteiger partial charge in [-0.25, -0.2) is 4.98 Å². The first-order valence-electron chi connectivity index (χ1n) is 16.7. The van der Waals surface area contributed by atoms with Crippen LogP contribution in [0.3, 0.4) is 0 Å². The van der Waals surface area contributed by atoms with E-state index in [2.05, 4.69) is 140 Å². The van der Waals surface area contributed by atoms with Crippen LogP contribution in [0.15, 0.2) is 150 Å². The highest BCUT2D eigenvalue weighted by Gasteiger charge is 2.25. The number of nitrogens with zero attached hydrogens (tertiary/aromatic N) is 1. The SMILES string of the molecule is C1=C(c2ccc3sc4ccccc4c3c2)C=C(c2nc3ccccc3c3oc4ccccc4c23)CC1c1ccc2sc3ccccc3c2c1. The highest BCUT2D eigenvalue weighted by Crippen LogP contribution is 2.46. The molecule has 6 aromatic carbocycles. The van der Waals surface area contributed by atoms with Crippen LogP contribution in [0.1, 0.15) is 29.2 Å². The van der Waals surface area contributed by atoms with Crippen LogP contribution in [-0.4, -0.2) is 4.98 Å². The third-order valence-electron chi connectivity index (χ3n) is 10.2. The number of aromatic nitrogens is 1. The van der Waals surface area contributed by atoms with Crippen molar-refractivity contribution in [3.63, 3.8) is 0 Å². The molecule has 2 nitrogen and oxygen atoms in total. The summed E-state index contributed by atoms with van der Waals surface area (Å²) in [5.74, 6) is 0.175. The quantitative estimate of drug-likeness (QED) is 0.188. The summed E-state index contributed by atoms with van der Waals surface area (Å²) in [5.41, 5.74) is 8.79. The van der Waals surface area contributed by atoms with Crippen molar-refractivity contribution in [3.05, 3.63) is 162 Å². The standard InChI is InChI=1S/C45H27NOS2/c1-5-13-37-33(11-1)45-43(34-12-2-6-14-38(34)47-45)44(46-37)30-22-28(26-17-19-41-35(24-26)31-9-3-7-15-39(31)48-41)21-29(23-30)27-18-20-42-36(25-27)32-10-4-8-16-40(32)49-42/h1-22,24-25,29H,23H2. The molecule has 4 heterocycles. The molecule has 4 heteroatoms. The summed E-state index contributed by atoms with van der Waals surface area (Å²) in [4.78, 5) is 5.42. The third kappa shape index (κ3) is 4.21. The zero-order valence-corrected chi connectivity index (χ0v) is 27.9. The number of furan rings is 1. The molecule has 0 aliphatic heterocycles. The van der Waals surface area contributed by atoms with Gasteiger partial charge in [0.15, 0.2) is 0 Å². The largest absolute Gasteiger partial charge is 0.455 e. The van der Waals surface area contributed by atoms with Gasteiger partial charge in [-0.05, 0) is 89.4 Å². The Kier molecular flexibility index (Phi) is 5.86. The Hall–Kier alpha value is -5.55. The van der Waals surface area contributed by atoms with E-state index in [1.54, 1.807) is 0 Å². The van der Waals surface area contributed by atoms with E-state index < -0.39 is 0 Å². The lowest BCUT2D eigenvalue weighted by atomic mass is 9.81. The zero-order valence-electron chi connectivity index (χ0n) is 26.3. The number of hydrogen-bond donors (Lipinski definition) is 0. The lowest BCUT2D eigenvalue weighted by Gasteiger charge is -2.23. The molecule has 1 unspecified atom stereocenters. The molecule has 4 aromatic heterocycles. The maximum absolute atomic E-state index is 6.60. The van der Waals surface area contributed by atoms with Gasteiger partial charge in [0, 0.05) is 57.0 Å². The van der Waals surface area contributed by atoms with Crippen molar-refractivity contribution < 1.29 is 4.42 Å². The maximum Gasteiger partial charge on any atom is 0.146 e. The summed E-state index contributed by atoms with van der Waals surface area (Å²) in [5, 5.41) is 8.55. The van der Waals surface area contributed by atoms with Crippen molar-refractivity contribution in [2.45, 2.75) is 12.3 Å². The number of rotatable bonds is 3. The van der Waals surface area contributed by atoms with E-state index >= 15 is 0 Å². The number of thiophene rings is 2. The summed E-state index contributed by atoms with van der Waals surface area (Å²) >= 11 is 3.74. The fraction of sp³-hybridized carbons (Fsp3) is 0.0444. The van der Waals surface area contributed by atoms with E-state index in [1.165, 1.54) is 62.6 Å². The lowest BCUT2D eigenvalue weighted by Crippen LogP contribution is -2.05. The Morgan fingerprint density at radius 1 is 0.571 bits per heavy atom. The molecule has 0 bridgehead atoms. The first kappa shape index (κ1) is 27.4. The molecule has 49 heavy (non-hydrogen) atoms. The van der Waals surface area contributed by atoms with Gasteiger partial charge in [-0.15, -0.1) is 22.7 Å². The van der Waals surface area contributed by atoms with Crippen molar-refractivity contribution >= 4 is 107 Å². The van der Waals surface area contributed by atoms with Gasteiger partial charge >= 0.3 is 0 Å². The Morgan fingerprint density at radius 2 is 1.20 bits per heavy atom. The van der Waals surface area contributed by atoms with Crippen molar-refractivity contribution in [1.82, 2.24) is 4.98 Å². The van der Waals surface area contributed by atoms with Crippen LogP contribution in [0.2, 0.25) is 0 Å². The smallest absolute Gasteiger partial charge is 0.146 e. The van der Waals surface area contributed by atoms with Crippen molar-refractivity contribution in [3.8, 4) is 0 Å². The Morgan fingerprint density at radius 3 is 2.00 bits per heavy atom. The summed E-state index contributed by atoms with van der Waals surface area (Å²) in [7, 11) is 0. The summed E-state index contributed by atoms with van der Waals surface area (Å²) < 4.78 is 11.9. The number of allylic oxidation sites excluding steroid dienone is 4. The van der Waals surface area contributed by atoms with Gasteiger partial charge in [-0.1, -0.05) is 84.9 Å². The van der Waals surface area contributed by atoms with Gasteiger partial charge in [0.1, 0.15) is 11.2 Å². The molecule has 0 radical (unpaired) electrons. The first-order valence-corrected chi connectivity index (χ1v) is 18.3. The fourth-order valence-corrected chi connectivity index (χ4v) is 10.1. The highest BCUT2D eigenvalue weighted by molar-refractivity contribution is 7.26. The predicted molar refractivity (Wildman–Crippen MR) is 211 cm³/mol. The lowest BCUT2D eigenvalue weighted by molar-refractivity contribution is 0.672. The van der Waals surface area contributed by atoms with Crippen LogP contribution in [0, 0.1) is 0 Å². The minimum absolute atomic E-state index is 0.175. The molecule has 1 aliphatic carbocycles. The van der Waals surface area contributed by atoms with Crippen molar-refractivity contribution in [2.24, 2.45) is 0 Å². The van der Waals surface area contributed by atoms with Crippen LogP contribution in [0.4, 0.5) is 0 Å². The molecule has 0 fully saturated rings. The molecule has 1 atom stereocenters. The number of pyridine rings is 1. The number of para-hydroxylation sites is 2. The van der Waals surface area contributed by atoms with E-state index in [-0.39, 0.29) is 5.92 Å². The normalized spacial score (nSPS) is 15.3. The molecular formula is C45H27NOS2. The fourth-order valence-electron chi connectivity index (χ4n) is 7.89. The van der Waals surface area contributed by atoms with E-state index in [9.17, 15) is 0 Å². The molecular weight excluding hydrogens is 635 g/mol. The average Bonchev–Trinajstić information content (AvgIpc) is 3.85. The van der Waals surface area contributed by atoms with Crippen LogP contribution in [0.25, 0.3) is 84.3 Å². The highest BCUT2D eigenvalue weighted by atomic mass is 32.1. The molecule has 0 N–H and O–H groups in total. The molecule has 11 rings (SSSR count). The van der Waals surface area contributed by atoms with Gasteiger partial charge in [0.05, 0.1) is 16.6 Å². The minimum Gasteiger partial charge on any atom is -0.455 e. The second-order valence-electron chi connectivity index (χ2n) is 13.0. The predicted octanol–water partition coefficient (Wildman–Crippen LogP) is 13.5. The Bertz CT molecular complexity index is 3040. The molecule has 0 spiro atoms. The van der Waals surface area contributed by atoms with Gasteiger partial charge in [-0.3, -0.25) is 0 Å². The van der Waals surface area contributed by atoms with Crippen LogP contribution >= 0.6 is 22.7 Å². The molecule has 0 saturated carbocycles. The van der Waals surface area contributed by atoms with E-state index in [1.807, 2.05) is 28.7 Å². The Balaban J connectivity index is 1.16. The number of benzene rings is 6. The van der Waals surface area contributed by atoms with Gasteiger partial charge < -0.3 is 4.42 Å². The van der Waals surface area contributed by atoms with Gasteiger partial charge in [-0.2, -0.15) is 0 Å². The van der Waals surface area contributed by atoms with Crippen molar-refractivity contribution in [2.75, 3.05) is 0 Å². The first-order chi connectivity index (χ1) is 24.2. The number of hydrogen-bond acceptors (Lipinski definition) is 4.